The maximum atomic E-state index is 6.65. The van der Waals surface area contributed by atoms with Crippen LogP contribution in [0.3, 0.4) is 0 Å². The van der Waals surface area contributed by atoms with Crippen molar-refractivity contribution in [1.29, 1.82) is 0 Å². The van der Waals surface area contributed by atoms with E-state index >= 15 is 0 Å². The highest BCUT2D eigenvalue weighted by atomic mass is 16.5. The lowest BCUT2D eigenvalue weighted by Crippen LogP contribution is -2.18. The van der Waals surface area contributed by atoms with Crippen LogP contribution in [0.1, 0.15) is 0 Å². The Hall–Kier alpha value is -5.74. The zero-order chi connectivity index (χ0) is 27.9. The number of anilines is 6. The van der Waals surface area contributed by atoms with Crippen LogP contribution in [0.4, 0.5) is 34.3 Å². The Morgan fingerprint density at radius 2 is 1.00 bits per heavy atom. The number of aromatic nitrogens is 1. The highest BCUT2D eigenvalue weighted by molar-refractivity contribution is 6.01. The second-order valence-electron chi connectivity index (χ2n) is 10.3. The summed E-state index contributed by atoms with van der Waals surface area (Å²) in [5.74, 6) is 2.67. The standard InChI is InChI=1S/C38H27N3O/c1-4-14-28(15-5-1)39(29-16-6-2-7-17-29)31-24-26-32(27-25-31)41-35-22-12-13-23-36(35)42-37-33-20-10-11-21-34(33)40(38(37)41)30-18-8-3-9-19-30/h1-27H. The van der Waals surface area contributed by atoms with Crippen LogP contribution >= 0.6 is 0 Å². The van der Waals surface area contributed by atoms with Crippen molar-refractivity contribution in [3.63, 3.8) is 0 Å². The Labute approximate surface area is 244 Å². The van der Waals surface area contributed by atoms with Gasteiger partial charge >= 0.3 is 0 Å². The molecule has 0 saturated heterocycles. The fraction of sp³-hybridized carbons (Fsp3) is 0. The molecule has 0 N–H and O–H groups in total. The fourth-order valence-electron chi connectivity index (χ4n) is 5.90. The molecule has 0 fully saturated rings. The molecule has 0 aliphatic carbocycles. The fourth-order valence-corrected chi connectivity index (χ4v) is 5.90. The molecule has 6 aromatic carbocycles. The molecule has 0 unspecified atom stereocenters. The number of fused-ring (bicyclic) bond motifs is 4. The minimum absolute atomic E-state index is 0.834. The van der Waals surface area contributed by atoms with Crippen LogP contribution in [-0.2, 0) is 0 Å². The number of nitrogens with zero attached hydrogens (tertiary/aromatic N) is 3. The first-order valence-corrected chi connectivity index (χ1v) is 14.1. The van der Waals surface area contributed by atoms with E-state index in [1.54, 1.807) is 0 Å². The Balaban J connectivity index is 1.32. The molecule has 0 amide bonds. The number of benzene rings is 6. The number of hydrogen-bond donors (Lipinski definition) is 0. The van der Waals surface area contributed by atoms with Crippen LogP contribution in [0.25, 0.3) is 16.6 Å². The molecule has 7 aromatic rings. The second kappa shape index (κ2) is 10.0. The highest BCUT2D eigenvalue weighted by Gasteiger charge is 2.32. The first-order valence-electron chi connectivity index (χ1n) is 14.1. The summed E-state index contributed by atoms with van der Waals surface area (Å²) in [5.41, 5.74) is 7.54. The van der Waals surface area contributed by atoms with E-state index in [1.807, 2.05) is 12.1 Å². The van der Waals surface area contributed by atoms with Gasteiger partial charge in [-0.25, -0.2) is 0 Å². The molecule has 4 heteroatoms. The topological polar surface area (TPSA) is 20.6 Å². The van der Waals surface area contributed by atoms with Gasteiger partial charge in [-0.1, -0.05) is 78.9 Å². The maximum Gasteiger partial charge on any atom is 0.178 e. The van der Waals surface area contributed by atoms with Gasteiger partial charge in [0.15, 0.2) is 17.3 Å². The lowest BCUT2D eigenvalue weighted by molar-refractivity contribution is 0.481. The van der Waals surface area contributed by atoms with Crippen molar-refractivity contribution in [3.8, 4) is 17.2 Å². The van der Waals surface area contributed by atoms with Crippen molar-refractivity contribution >= 4 is 45.2 Å². The molecule has 42 heavy (non-hydrogen) atoms. The molecule has 200 valence electrons. The molecule has 8 rings (SSSR count). The van der Waals surface area contributed by atoms with Gasteiger partial charge in [-0.3, -0.25) is 9.47 Å². The van der Waals surface area contributed by atoms with Crippen LogP contribution in [0.2, 0.25) is 0 Å². The molecule has 1 aliphatic rings. The summed E-state index contributed by atoms with van der Waals surface area (Å²) in [4.78, 5) is 4.60. The van der Waals surface area contributed by atoms with Gasteiger partial charge in [-0.05, 0) is 84.9 Å². The molecule has 2 heterocycles. The summed E-state index contributed by atoms with van der Waals surface area (Å²) >= 11 is 0. The number of ether oxygens (including phenoxy) is 1. The zero-order valence-corrected chi connectivity index (χ0v) is 22.8. The Morgan fingerprint density at radius 3 is 1.69 bits per heavy atom. The minimum atomic E-state index is 0.834. The Morgan fingerprint density at radius 1 is 0.452 bits per heavy atom. The van der Waals surface area contributed by atoms with Gasteiger partial charge in [0.25, 0.3) is 0 Å². The van der Waals surface area contributed by atoms with E-state index < -0.39 is 0 Å². The molecule has 1 aromatic heterocycles. The van der Waals surface area contributed by atoms with Gasteiger partial charge in [0.1, 0.15) is 0 Å². The third kappa shape index (κ3) is 3.93. The molecular weight excluding hydrogens is 514 g/mol. The third-order valence-electron chi connectivity index (χ3n) is 7.74. The number of rotatable bonds is 5. The van der Waals surface area contributed by atoms with E-state index in [0.29, 0.717) is 0 Å². The molecular formula is C38H27N3O. The molecule has 1 aliphatic heterocycles. The number of hydrogen-bond acceptors (Lipinski definition) is 3. The van der Waals surface area contributed by atoms with E-state index in [-0.39, 0.29) is 0 Å². The molecule has 0 radical (unpaired) electrons. The average molecular weight is 542 g/mol. The monoisotopic (exact) mass is 541 g/mol. The summed E-state index contributed by atoms with van der Waals surface area (Å²) in [6.07, 6.45) is 0. The first kappa shape index (κ1) is 24.1. The van der Waals surface area contributed by atoms with Gasteiger partial charge in [0.2, 0.25) is 0 Å². The van der Waals surface area contributed by atoms with E-state index in [1.165, 1.54) is 0 Å². The Kier molecular flexibility index (Phi) is 5.75. The second-order valence-corrected chi connectivity index (χ2v) is 10.3. The summed E-state index contributed by atoms with van der Waals surface area (Å²) in [5, 5.41) is 1.08. The van der Waals surface area contributed by atoms with E-state index in [0.717, 1.165) is 62.3 Å². The van der Waals surface area contributed by atoms with Gasteiger partial charge in [0, 0.05) is 33.8 Å². The van der Waals surface area contributed by atoms with Crippen LogP contribution in [0.5, 0.6) is 11.5 Å². The summed E-state index contributed by atoms with van der Waals surface area (Å²) < 4.78 is 8.95. The smallest absolute Gasteiger partial charge is 0.178 e. The lowest BCUT2D eigenvalue weighted by Gasteiger charge is -2.33. The van der Waals surface area contributed by atoms with Crippen molar-refractivity contribution in [3.05, 3.63) is 164 Å². The van der Waals surface area contributed by atoms with Crippen molar-refractivity contribution in [2.45, 2.75) is 0 Å². The molecule has 0 spiro atoms. The van der Waals surface area contributed by atoms with E-state index in [2.05, 4.69) is 166 Å². The molecule has 0 bridgehead atoms. The molecule has 0 atom stereocenters. The minimum Gasteiger partial charge on any atom is -0.451 e. The van der Waals surface area contributed by atoms with Gasteiger partial charge in [-0.2, -0.15) is 0 Å². The average Bonchev–Trinajstić information content (AvgIpc) is 3.39. The SMILES string of the molecule is c1ccc(N(c2ccccc2)c2ccc(N3c4ccccc4Oc4c3n(-c3ccccc3)c3ccccc43)cc2)cc1. The summed E-state index contributed by atoms with van der Waals surface area (Å²) in [6, 6.07) is 57.0. The first-order chi connectivity index (χ1) is 20.9. The van der Waals surface area contributed by atoms with Crippen LogP contribution in [-0.4, -0.2) is 4.57 Å². The zero-order valence-electron chi connectivity index (χ0n) is 22.8. The predicted octanol–water partition coefficient (Wildman–Crippen LogP) is 10.7. The lowest BCUT2D eigenvalue weighted by atomic mass is 10.1. The molecule has 0 saturated carbocycles. The normalized spacial score (nSPS) is 12.0. The van der Waals surface area contributed by atoms with E-state index in [9.17, 15) is 0 Å². The van der Waals surface area contributed by atoms with Crippen molar-refractivity contribution < 1.29 is 4.74 Å². The third-order valence-corrected chi connectivity index (χ3v) is 7.74. The van der Waals surface area contributed by atoms with E-state index in [4.69, 9.17) is 4.74 Å². The summed E-state index contributed by atoms with van der Waals surface area (Å²) in [6.45, 7) is 0. The van der Waals surface area contributed by atoms with Crippen LogP contribution in [0, 0.1) is 0 Å². The van der Waals surface area contributed by atoms with Crippen LogP contribution in [0.15, 0.2) is 164 Å². The van der Waals surface area contributed by atoms with Gasteiger partial charge in [-0.15, -0.1) is 0 Å². The quantitative estimate of drug-likeness (QED) is 0.216. The number of para-hydroxylation sites is 6. The van der Waals surface area contributed by atoms with Crippen molar-refractivity contribution in [2.75, 3.05) is 9.80 Å². The maximum absolute atomic E-state index is 6.65. The van der Waals surface area contributed by atoms with Gasteiger partial charge < -0.3 is 9.64 Å². The highest BCUT2D eigenvalue weighted by Crippen LogP contribution is 2.55. The van der Waals surface area contributed by atoms with Crippen molar-refractivity contribution in [1.82, 2.24) is 4.57 Å². The Bertz CT molecular complexity index is 1960. The van der Waals surface area contributed by atoms with Crippen molar-refractivity contribution in [2.24, 2.45) is 0 Å². The van der Waals surface area contributed by atoms with Gasteiger partial charge in [0.05, 0.1) is 11.2 Å². The molecule has 4 nitrogen and oxygen atoms in total. The van der Waals surface area contributed by atoms with Crippen LogP contribution < -0.4 is 14.5 Å². The predicted molar refractivity (Wildman–Crippen MR) is 173 cm³/mol. The largest absolute Gasteiger partial charge is 0.451 e. The summed E-state index contributed by atoms with van der Waals surface area (Å²) in [7, 11) is 0.